The van der Waals surface area contributed by atoms with Gasteiger partial charge in [-0.1, -0.05) is 12.1 Å². The summed E-state index contributed by atoms with van der Waals surface area (Å²) in [6, 6.07) is 19.2. The van der Waals surface area contributed by atoms with Gasteiger partial charge >= 0.3 is 0 Å². The number of ether oxygens (including phenoxy) is 3. The number of benzene rings is 3. The Morgan fingerprint density at radius 1 is 1.06 bits per heavy atom. The average Bonchev–Trinajstić information content (AvgIpc) is 3.31. The molecule has 0 fully saturated rings. The van der Waals surface area contributed by atoms with E-state index in [4.69, 9.17) is 14.2 Å². The first-order chi connectivity index (χ1) is 15.6. The Kier molecular flexibility index (Phi) is 4.95. The van der Waals surface area contributed by atoms with Gasteiger partial charge in [0.05, 0.1) is 30.2 Å². The number of rotatable bonds is 5. The van der Waals surface area contributed by atoms with E-state index in [9.17, 15) is 9.59 Å². The third-order valence-corrected chi connectivity index (χ3v) is 5.22. The molecule has 1 aliphatic heterocycles. The van der Waals surface area contributed by atoms with Crippen molar-refractivity contribution < 1.29 is 19.0 Å². The van der Waals surface area contributed by atoms with Crippen molar-refractivity contribution in [3.8, 4) is 22.9 Å². The molecular formula is C24H19N3O5. The predicted molar refractivity (Wildman–Crippen MR) is 118 cm³/mol. The molecule has 0 radical (unpaired) electrons. The molecule has 5 rings (SSSR count). The van der Waals surface area contributed by atoms with E-state index >= 15 is 0 Å². The maximum atomic E-state index is 13.3. The van der Waals surface area contributed by atoms with Crippen LogP contribution in [0.5, 0.6) is 17.2 Å². The zero-order chi connectivity index (χ0) is 22.1. The number of aromatic nitrogens is 2. The van der Waals surface area contributed by atoms with Crippen molar-refractivity contribution in [2.75, 3.05) is 13.9 Å². The minimum absolute atomic E-state index is 0.0549. The first kappa shape index (κ1) is 19.6. The number of carbonyl (C=O) groups is 1. The first-order valence-electron chi connectivity index (χ1n) is 9.97. The molecule has 8 heteroatoms. The van der Waals surface area contributed by atoms with Crippen LogP contribution in [0.3, 0.4) is 0 Å². The molecule has 8 nitrogen and oxygen atoms in total. The molecule has 32 heavy (non-hydrogen) atoms. The van der Waals surface area contributed by atoms with Crippen LogP contribution in [0.2, 0.25) is 0 Å². The van der Waals surface area contributed by atoms with Crippen LogP contribution < -0.4 is 25.1 Å². The Labute approximate surface area is 183 Å². The van der Waals surface area contributed by atoms with Gasteiger partial charge in [-0.3, -0.25) is 14.2 Å². The van der Waals surface area contributed by atoms with Crippen LogP contribution in [0.4, 0.5) is 0 Å². The van der Waals surface area contributed by atoms with Crippen molar-refractivity contribution in [2.24, 2.45) is 0 Å². The third kappa shape index (κ3) is 3.51. The largest absolute Gasteiger partial charge is 0.497 e. The van der Waals surface area contributed by atoms with Crippen LogP contribution in [0.1, 0.15) is 16.2 Å². The molecule has 1 aliphatic rings. The summed E-state index contributed by atoms with van der Waals surface area (Å²) in [5.74, 6) is 1.90. The molecule has 0 spiro atoms. The summed E-state index contributed by atoms with van der Waals surface area (Å²) in [5.41, 5.74) is 1.40. The molecule has 1 aromatic heterocycles. The van der Waals surface area contributed by atoms with Gasteiger partial charge in [-0.2, -0.15) is 0 Å². The van der Waals surface area contributed by atoms with Crippen molar-refractivity contribution in [1.29, 1.82) is 0 Å². The van der Waals surface area contributed by atoms with Crippen molar-refractivity contribution in [2.45, 2.75) is 6.54 Å². The number of carbonyl (C=O) groups excluding carboxylic acids is 1. The summed E-state index contributed by atoms with van der Waals surface area (Å²) >= 11 is 0. The zero-order valence-corrected chi connectivity index (χ0v) is 17.2. The second-order valence-corrected chi connectivity index (χ2v) is 7.13. The smallest absolute Gasteiger partial charge is 0.266 e. The molecule has 0 unspecified atom stereocenters. The normalized spacial score (nSPS) is 12.0. The van der Waals surface area contributed by atoms with Crippen LogP contribution in [-0.4, -0.2) is 29.4 Å². The standard InChI is InChI=1S/C24H19N3O5/c1-30-17-9-7-16(8-10-17)27-22(26-19-5-3-2-4-18(19)24(27)29)13-25-23(28)15-6-11-20-21(12-15)32-14-31-20/h2-12H,13-14H2,1H3,(H,25,28). The first-order valence-corrected chi connectivity index (χ1v) is 9.97. The summed E-state index contributed by atoms with van der Waals surface area (Å²) < 4.78 is 17.3. The molecular weight excluding hydrogens is 410 g/mol. The quantitative estimate of drug-likeness (QED) is 0.524. The molecule has 0 saturated carbocycles. The molecule has 0 aliphatic carbocycles. The van der Waals surface area contributed by atoms with Crippen molar-refractivity contribution >= 4 is 16.8 Å². The third-order valence-electron chi connectivity index (χ3n) is 5.22. The highest BCUT2D eigenvalue weighted by Gasteiger charge is 2.18. The number of para-hydroxylation sites is 1. The highest BCUT2D eigenvalue weighted by atomic mass is 16.7. The molecule has 0 atom stereocenters. The minimum Gasteiger partial charge on any atom is -0.497 e. The predicted octanol–water partition coefficient (Wildman–Crippen LogP) is 3.05. The van der Waals surface area contributed by atoms with E-state index in [1.807, 2.05) is 6.07 Å². The Hall–Kier alpha value is -4.33. The van der Waals surface area contributed by atoms with Gasteiger partial charge in [-0.15, -0.1) is 0 Å². The maximum absolute atomic E-state index is 13.3. The summed E-state index contributed by atoms with van der Waals surface area (Å²) in [6.07, 6.45) is 0. The van der Waals surface area contributed by atoms with Crippen molar-refractivity contribution in [3.63, 3.8) is 0 Å². The zero-order valence-electron chi connectivity index (χ0n) is 17.2. The van der Waals surface area contributed by atoms with Crippen LogP contribution >= 0.6 is 0 Å². The SMILES string of the molecule is COc1ccc(-n2c(CNC(=O)c3ccc4c(c3)OCO4)nc3ccccc3c2=O)cc1. The van der Waals surface area contributed by atoms with Crippen LogP contribution in [-0.2, 0) is 6.54 Å². The molecule has 0 bridgehead atoms. The van der Waals surface area contributed by atoms with Gasteiger partial charge in [0.25, 0.3) is 11.5 Å². The van der Waals surface area contributed by atoms with Gasteiger partial charge < -0.3 is 19.5 Å². The summed E-state index contributed by atoms with van der Waals surface area (Å²) in [5, 5.41) is 3.34. The van der Waals surface area contributed by atoms with Crippen LogP contribution in [0, 0.1) is 0 Å². The lowest BCUT2D eigenvalue weighted by molar-refractivity contribution is 0.0949. The van der Waals surface area contributed by atoms with Gasteiger partial charge in [0.15, 0.2) is 11.5 Å². The maximum Gasteiger partial charge on any atom is 0.266 e. The number of fused-ring (bicyclic) bond motifs is 2. The number of amides is 1. The highest BCUT2D eigenvalue weighted by Crippen LogP contribution is 2.32. The van der Waals surface area contributed by atoms with Crippen LogP contribution in [0.15, 0.2) is 71.5 Å². The molecule has 1 N–H and O–H groups in total. The Morgan fingerprint density at radius 3 is 2.66 bits per heavy atom. The van der Waals surface area contributed by atoms with E-state index < -0.39 is 0 Å². The van der Waals surface area contributed by atoms with E-state index in [0.29, 0.717) is 45.2 Å². The summed E-state index contributed by atoms with van der Waals surface area (Å²) in [4.78, 5) is 30.7. The molecule has 160 valence electrons. The Balaban J connectivity index is 1.50. The molecule has 2 heterocycles. The van der Waals surface area contributed by atoms with Gasteiger partial charge in [0.1, 0.15) is 11.6 Å². The number of hydrogen-bond donors (Lipinski definition) is 1. The van der Waals surface area contributed by atoms with Crippen LogP contribution in [0.25, 0.3) is 16.6 Å². The number of hydrogen-bond acceptors (Lipinski definition) is 6. The molecule has 1 amide bonds. The minimum atomic E-state index is -0.313. The fourth-order valence-electron chi connectivity index (χ4n) is 3.59. The number of nitrogens with zero attached hydrogens (tertiary/aromatic N) is 2. The Bertz CT molecular complexity index is 1380. The van der Waals surface area contributed by atoms with E-state index in [1.54, 1.807) is 67.8 Å². The Morgan fingerprint density at radius 2 is 1.84 bits per heavy atom. The molecule has 0 saturated heterocycles. The lowest BCUT2D eigenvalue weighted by Gasteiger charge is -2.15. The fourth-order valence-corrected chi connectivity index (χ4v) is 3.59. The van der Waals surface area contributed by atoms with E-state index in [0.717, 1.165) is 0 Å². The lowest BCUT2D eigenvalue weighted by atomic mass is 10.2. The van der Waals surface area contributed by atoms with E-state index in [1.165, 1.54) is 4.57 Å². The number of nitrogens with one attached hydrogen (secondary N) is 1. The van der Waals surface area contributed by atoms with Gasteiger partial charge in [0, 0.05) is 5.56 Å². The van der Waals surface area contributed by atoms with E-state index in [2.05, 4.69) is 10.3 Å². The van der Waals surface area contributed by atoms with Gasteiger partial charge in [0.2, 0.25) is 6.79 Å². The number of methoxy groups -OCH3 is 1. The second-order valence-electron chi connectivity index (χ2n) is 7.13. The van der Waals surface area contributed by atoms with Gasteiger partial charge in [-0.25, -0.2) is 4.98 Å². The fraction of sp³-hybridized carbons (Fsp3) is 0.125. The summed E-state index contributed by atoms with van der Waals surface area (Å²) in [6.45, 7) is 0.189. The van der Waals surface area contributed by atoms with Gasteiger partial charge in [-0.05, 0) is 54.6 Å². The molecule has 4 aromatic rings. The van der Waals surface area contributed by atoms with E-state index in [-0.39, 0.29) is 24.8 Å². The average molecular weight is 429 g/mol. The monoisotopic (exact) mass is 429 g/mol. The van der Waals surface area contributed by atoms with Crippen molar-refractivity contribution in [3.05, 3.63) is 88.5 Å². The van der Waals surface area contributed by atoms with Crippen molar-refractivity contribution in [1.82, 2.24) is 14.9 Å². The lowest BCUT2D eigenvalue weighted by Crippen LogP contribution is -2.30. The topological polar surface area (TPSA) is 91.7 Å². The summed E-state index contributed by atoms with van der Waals surface area (Å²) in [7, 11) is 1.58. The highest BCUT2D eigenvalue weighted by molar-refractivity contribution is 5.94. The second kappa shape index (κ2) is 8.07. The molecule has 3 aromatic carbocycles.